The summed E-state index contributed by atoms with van der Waals surface area (Å²) in [4.78, 5) is 3.38. The minimum Gasteiger partial charge on any atom is -0.388 e. The summed E-state index contributed by atoms with van der Waals surface area (Å²) in [6, 6.07) is 2.51. The number of aromatic nitrogens is 1. The van der Waals surface area contributed by atoms with Crippen LogP contribution in [0.1, 0.15) is 5.56 Å². The first kappa shape index (κ1) is 10.1. The minimum atomic E-state index is -4.73. The summed E-state index contributed by atoms with van der Waals surface area (Å²) in [7, 11) is 0. The second-order valence-electron chi connectivity index (χ2n) is 2.30. The van der Waals surface area contributed by atoms with Crippen molar-refractivity contribution in [1.82, 2.24) is 4.98 Å². The van der Waals surface area contributed by atoms with E-state index >= 15 is 0 Å². The largest absolute Gasteiger partial charge is 0.574 e. The number of nitrogens with zero attached hydrogens (tertiary/aromatic N) is 1. The number of rotatable bonds is 1. The molecule has 1 aromatic rings. The van der Waals surface area contributed by atoms with E-state index in [9.17, 15) is 13.2 Å². The molecule has 1 heterocycles. The Kier molecular flexibility index (Phi) is 2.66. The van der Waals surface area contributed by atoms with E-state index in [2.05, 4.69) is 9.72 Å². The van der Waals surface area contributed by atoms with Crippen molar-refractivity contribution in [3.8, 4) is 5.88 Å². The molecule has 1 aromatic heterocycles. The summed E-state index contributed by atoms with van der Waals surface area (Å²) >= 11 is 5.48. The van der Waals surface area contributed by atoms with Gasteiger partial charge in [-0.3, -0.25) is 0 Å². The number of pyridine rings is 1. The van der Waals surface area contributed by atoms with Crippen molar-refractivity contribution in [2.24, 2.45) is 0 Å². The highest BCUT2D eigenvalue weighted by molar-refractivity contribution is 6.30. The highest BCUT2D eigenvalue weighted by Gasteiger charge is 2.31. The van der Waals surface area contributed by atoms with Crippen molar-refractivity contribution < 1.29 is 17.9 Å². The Morgan fingerprint density at radius 1 is 1.38 bits per heavy atom. The van der Waals surface area contributed by atoms with Crippen LogP contribution in [0.5, 0.6) is 5.88 Å². The van der Waals surface area contributed by atoms with Crippen LogP contribution in [-0.4, -0.2) is 11.3 Å². The number of hydrogen-bond acceptors (Lipinski definition) is 2. The summed E-state index contributed by atoms with van der Waals surface area (Å²) in [6.07, 6.45) is -4.73. The maximum absolute atomic E-state index is 11.7. The predicted molar refractivity (Wildman–Crippen MR) is 40.7 cm³/mol. The van der Waals surface area contributed by atoms with E-state index in [1.54, 1.807) is 6.92 Å². The van der Waals surface area contributed by atoms with Gasteiger partial charge < -0.3 is 4.74 Å². The lowest BCUT2D eigenvalue weighted by Gasteiger charge is -2.07. The van der Waals surface area contributed by atoms with Gasteiger partial charge in [0.15, 0.2) is 0 Å². The minimum absolute atomic E-state index is 0.00162. The summed E-state index contributed by atoms with van der Waals surface area (Å²) in [5.74, 6) is -0.553. The van der Waals surface area contributed by atoms with E-state index < -0.39 is 12.2 Å². The Labute approximate surface area is 77.3 Å². The molecule has 0 saturated heterocycles. The first-order chi connectivity index (χ1) is 5.88. The van der Waals surface area contributed by atoms with Crippen molar-refractivity contribution in [3.63, 3.8) is 0 Å². The number of alkyl halides is 3. The Morgan fingerprint density at radius 3 is 2.46 bits per heavy atom. The van der Waals surface area contributed by atoms with E-state index in [-0.39, 0.29) is 5.15 Å². The fraction of sp³-hybridized carbons (Fsp3) is 0.286. The van der Waals surface area contributed by atoms with Crippen molar-refractivity contribution >= 4 is 11.6 Å². The molecule has 72 valence electrons. The summed E-state index contributed by atoms with van der Waals surface area (Å²) in [6.45, 7) is 1.63. The molecule has 0 bridgehead atoms. The number of halogens is 4. The number of hydrogen-bond donors (Lipinski definition) is 0. The Morgan fingerprint density at radius 2 is 2.00 bits per heavy atom. The first-order valence-corrected chi connectivity index (χ1v) is 3.65. The zero-order valence-electron chi connectivity index (χ0n) is 6.52. The highest BCUT2D eigenvalue weighted by atomic mass is 35.5. The average Bonchev–Trinajstić information content (AvgIpc) is 1.94. The third-order valence-electron chi connectivity index (χ3n) is 1.23. The van der Waals surface area contributed by atoms with Gasteiger partial charge in [0.25, 0.3) is 0 Å². The van der Waals surface area contributed by atoms with Gasteiger partial charge >= 0.3 is 6.36 Å². The maximum Gasteiger partial charge on any atom is 0.574 e. The van der Waals surface area contributed by atoms with Crippen LogP contribution >= 0.6 is 11.6 Å². The standard InChI is InChI=1S/C7H5ClF3NO/c1-4-2-3-5(12-6(4)8)13-7(9,10)11/h2-3H,1H3. The van der Waals surface area contributed by atoms with Gasteiger partial charge in [0.05, 0.1) is 0 Å². The van der Waals surface area contributed by atoms with Gasteiger partial charge in [0.2, 0.25) is 5.88 Å². The molecule has 2 nitrogen and oxygen atoms in total. The molecule has 0 unspecified atom stereocenters. The zero-order chi connectivity index (χ0) is 10.1. The molecule has 0 aliphatic rings. The SMILES string of the molecule is Cc1ccc(OC(F)(F)F)nc1Cl. The molecular weight excluding hydrogens is 207 g/mol. The third-order valence-corrected chi connectivity index (χ3v) is 1.61. The summed E-state index contributed by atoms with van der Waals surface area (Å²) in [5.41, 5.74) is 0.594. The second kappa shape index (κ2) is 3.41. The maximum atomic E-state index is 11.7. The van der Waals surface area contributed by atoms with E-state index in [1.807, 2.05) is 0 Å². The molecular formula is C7H5ClF3NO. The predicted octanol–water partition coefficient (Wildman–Crippen LogP) is 2.94. The molecule has 0 aliphatic heterocycles. The van der Waals surface area contributed by atoms with Crippen LogP contribution in [0, 0.1) is 6.92 Å². The van der Waals surface area contributed by atoms with E-state index in [0.29, 0.717) is 5.56 Å². The lowest BCUT2D eigenvalue weighted by atomic mass is 10.3. The van der Waals surface area contributed by atoms with Crippen molar-refractivity contribution in [3.05, 3.63) is 22.8 Å². The van der Waals surface area contributed by atoms with Crippen LogP contribution in [0.3, 0.4) is 0 Å². The molecule has 0 saturated carbocycles. The van der Waals surface area contributed by atoms with Crippen LogP contribution in [0.4, 0.5) is 13.2 Å². The Balaban J connectivity index is 2.86. The van der Waals surface area contributed by atoms with Gasteiger partial charge in [-0.25, -0.2) is 4.98 Å². The van der Waals surface area contributed by atoms with Gasteiger partial charge in [0, 0.05) is 6.07 Å². The molecule has 1 rings (SSSR count). The Hall–Kier alpha value is -0.970. The fourth-order valence-electron chi connectivity index (χ4n) is 0.663. The van der Waals surface area contributed by atoms with Gasteiger partial charge in [-0.2, -0.15) is 0 Å². The monoisotopic (exact) mass is 211 g/mol. The number of aryl methyl sites for hydroxylation is 1. The lowest BCUT2D eigenvalue weighted by Crippen LogP contribution is -2.17. The molecule has 6 heteroatoms. The van der Waals surface area contributed by atoms with Gasteiger partial charge in [-0.15, -0.1) is 13.2 Å². The average molecular weight is 212 g/mol. The Bertz CT molecular complexity index is 313. The van der Waals surface area contributed by atoms with Crippen LogP contribution in [-0.2, 0) is 0 Å². The van der Waals surface area contributed by atoms with Crippen LogP contribution in [0.15, 0.2) is 12.1 Å². The molecule has 0 radical (unpaired) electrons. The van der Waals surface area contributed by atoms with Gasteiger partial charge in [0.1, 0.15) is 5.15 Å². The third kappa shape index (κ3) is 3.10. The highest BCUT2D eigenvalue weighted by Crippen LogP contribution is 2.23. The smallest absolute Gasteiger partial charge is 0.388 e. The molecule has 0 spiro atoms. The topological polar surface area (TPSA) is 22.1 Å². The summed E-state index contributed by atoms with van der Waals surface area (Å²) in [5, 5.41) is 0.00162. The van der Waals surface area contributed by atoms with Crippen molar-refractivity contribution in [2.45, 2.75) is 13.3 Å². The van der Waals surface area contributed by atoms with E-state index in [1.165, 1.54) is 6.07 Å². The molecule has 0 amide bonds. The van der Waals surface area contributed by atoms with E-state index in [0.717, 1.165) is 6.07 Å². The van der Waals surface area contributed by atoms with Crippen LogP contribution < -0.4 is 4.74 Å². The number of ether oxygens (including phenoxy) is 1. The van der Waals surface area contributed by atoms with E-state index in [4.69, 9.17) is 11.6 Å². The first-order valence-electron chi connectivity index (χ1n) is 3.27. The van der Waals surface area contributed by atoms with Gasteiger partial charge in [-0.05, 0) is 12.5 Å². The van der Waals surface area contributed by atoms with Crippen molar-refractivity contribution in [2.75, 3.05) is 0 Å². The quantitative estimate of drug-likeness (QED) is 0.667. The zero-order valence-corrected chi connectivity index (χ0v) is 7.28. The second-order valence-corrected chi connectivity index (χ2v) is 2.66. The molecule has 0 aliphatic carbocycles. The van der Waals surface area contributed by atoms with Crippen molar-refractivity contribution in [1.29, 1.82) is 0 Å². The molecule has 0 aromatic carbocycles. The lowest BCUT2D eigenvalue weighted by molar-refractivity contribution is -0.276. The summed E-state index contributed by atoms with van der Waals surface area (Å²) < 4.78 is 38.5. The van der Waals surface area contributed by atoms with Crippen LogP contribution in [0.2, 0.25) is 5.15 Å². The normalized spacial score (nSPS) is 11.5. The molecule has 0 fully saturated rings. The molecule has 0 atom stereocenters. The molecule has 13 heavy (non-hydrogen) atoms. The van der Waals surface area contributed by atoms with Crippen LogP contribution in [0.25, 0.3) is 0 Å². The van der Waals surface area contributed by atoms with Gasteiger partial charge in [-0.1, -0.05) is 17.7 Å². The fourth-order valence-corrected chi connectivity index (χ4v) is 0.809. The molecule has 0 N–H and O–H groups in total.